The first-order valence-electron chi connectivity index (χ1n) is 9.38. The SMILES string of the molecule is CN[C@@H]1C(C)=C(C(N)=O)C(=O)[C@@]2(O)C(=O)C3=C(O)c4c(O)cccc4C[C@H]3C[C@@H]12. The van der Waals surface area contributed by atoms with Gasteiger partial charge in [0.2, 0.25) is 11.6 Å². The van der Waals surface area contributed by atoms with E-state index >= 15 is 0 Å². The van der Waals surface area contributed by atoms with Gasteiger partial charge in [0.05, 0.1) is 11.1 Å². The van der Waals surface area contributed by atoms with Gasteiger partial charge >= 0.3 is 0 Å². The van der Waals surface area contributed by atoms with Crippen LogP contribution in [-0.4, -0.2) is 51.5 Å². The van der Waals surface area contributed by atoms with Crippen molar-refractivity contribution in [2.75, 3.05) is 7.05 Å². The first-order chi connectivity index (χ1) is 13.6. The van der Waals surface area contributed by atoms with E-state index < -0.39 is 52.3 Å². The highest BCUT2D eigenvalue weighted by Crippen LogP contribution is 2.51. The second kappa shape index (κ2) is 6.27. The van der Waals surface area contributed by atoms with Crippen molar-refractivity contribution in [3.05, 3.63) is 46.0 Å². The van der Waals surface area contributed by atoms with Gasteiger partial charge in [0, 0.05) is 17.5 Å². The van der Waals surface area contributed by atoms with Crippen LogP contribution in [0.1, 0.15) is 24.5 Å². The Kier molecular flexibility index (Phi) is 4.18. The molecule has 1 aromatic rings. The number of fused-ring (bicyclic) bond motifs is 3. The molecule has 0 aliphatic heterocycles. The quantitative estimate of drug-likeness (QED) is 0.351. The van der Waals surface area contributed by atoms with Crippen LogP contribution in [0.5, 0.6) is 5.75 Å². The monoisotopic (exact) mass is 398 g/mol. The summed E-state index contributed by atoms with van der Waals surface area (Å²) in [5.74, 6) is -4.88. The number of nitrogens with one attached hydrogen (secondary N) is 1. The molecule has 6 N–H and O–H groups in total. The predicted octanol–water partition coefficient (Wildman–Crippen LogP) is 0.126. The molecule has 0 spiro atoms. The molecule has 3 aliphatic rings. The summed E-state index contributed by atoms with van der Waals surface area (Å²) >= 11 is 0. The lowest BCUT2D eigenvalue weighted by Crippen LogP contribution is -2.66. The molecule has 0 bridgehead atoms. The van der Waals surface area contributed by atoms with Gasteiger partial charge in [-0.3, -0.25) is 14.4 Å². The van der Waals surface area contributed by atoms with Gasteiger partial charge in [-0.2, -0.15) is 0 Å². The predicted molar refractivity (Wildman–Crippen MR) is 103 cm³/mol. The highest BCUT2D eigenvalue weighted by molar-refractivity contribution is 6.33. The molecule has 0 heterocycles. The second-order valence-electron chi connectivity index (χ2n) is 7.93. The summed E-state index contributed by atoms with van der Waals surface area (Å²) in [5, 5.41) is 35.3. The molecule has 29 heavy (non-hydrogen) atoms. The van der Waals surface area contributed by atoms with Crippen LogP contribution in [0.2, 0.25) is 0 Å². The number of aliphatic hydroxyl groups is 2. The van der Waals surface area contributed by atoms with Crippen molar-refractivity contribution in [2.24, 2.45) is 17.6 Å². The number of phenolic OH excluding ortho intramolecular Hbond substituents is 1. The Bertz CT molecular complexity index is 1040. The molecule has 0 saturated heterocycles. The summed E-state index contributed by atoms with van der Waals surface area (Å²) in [6.07, 6.45) is 0.606. The fourth-order valence-corrected chi connectivity index (χ4v) is 5.27. The maximum Gasteiger partial charge on any atom is 0.252 e. The first-order valence-corrected chi connectivity index (χ1v) is 9.38. The lowest BCUT2D eigenvalue weighted by atomic mass is 9.56. The van der Waals surface area contributed by atoms with Gasteiger partial charge in [0.15, 0.2) is 5.60 Å². The van der Waals surface area contributed by atoms with Crippen LogP contribution < -0.4 is 11.1 Å². The molecule has 152 valence electrons. The summed E-state index contributed by atoms with van der Waals surface area (Å²) in [6, 6.07) is 4.19. The zero-order valence-electron chi connectivity index (χ0n) is 16.0. The normalized spacial score (nSPS) is 31.3. The van der Waals surface area contributed by atoms with Gasteiger partial charge < -0.3 is 26.4 Å². The topological polar surface area (TPSA) is 150 Å². The van der Waals surface area contributed by atoms with Crippen molar-refractivity contribution >= 4 is 23.2 Å². The van der Waals surface area contributed by atoms with Gasteiger partial charge in [-0.15, -0.1) is 0 Å². The number of carbonyl (C=O) groups is 3. The maximum atomic E-state index is 13.4. The number of likely N-dealkylation sites (N-methyl/N-ethyl adjacent to an activating group) is 1. The summed E-state index contributed by atoms with van der Waals surface area (Å²) in [7, 11) is 1.62. The summed E-state index contributed by atoms with van der Waals surface area (Å²) in [5.41, 5.74) is 3.57. The Hall–Kier alpha value is -2.97. The van der Waals surface area contributed by atoms with Crippen LogP contribution in [-0.2, 0) is 20.8 Å². The zero-order chi connectivity index (χ0) is 21.2. The van der Waals surface area contributed by atoms with Gasteiger partial charge in [-0.25, -0.2) is 0 Å². The maximum absolute atomic E-state index is 13.4. The van der Waals surface area contributed by atoms with Crippen LogP contribution in [0.4, 0.5) is 0 Å². The number of phenols is 1. The number of Topliss-reactive ketones (excluding diaryl/α,β-unsaturated/α-hetero) is 2. The number of primary amides is 1. The minimum Gasteiger partial charge on any atom is -0.507 e. The Morgan fingerprint density at radius 3 is 2.55 bits per heavy atom. The van der Waals surface area contributed by atoms with E-state index in [2.05, 4.69) is 5.32 Å². The Labute approximate surface area is 166 Å². The van der Waals surface area contributed by atoms with E-state index in [1.54, 1.807) is 26.1 Å². The van der Waals surface area contributed by atoms with Crippen molar-refractivity contribution in [3.8, 4) is 5.75 Å². The third kappa shape index (κ3) is 2.36. The third-order valence-electron chi connectivity index (χ3n) is 6.55. The van der Waals surface area contributed by atoms with Gasteiger partial charge in [0.1, 0.15) is 11.5 Å². The number of nitrogens with two attached hydrogens (primary N) is 1. The molecule has 3 aliphatic carbocycles. The molecule has 8 nitrogen and oxygen atoms in total. The van der Waals surface area contributed by atoms with E-state index in [4.69, 9.17) is 5.73 Å². The Balaban J connectivity index is 1.94. The van der Waals surface area contributed by atoms with Crippen LogP contribution in [0.25, 0.3) is 5.76 Å². The smallest absolute Gasteiger partial charge is 0.252 e. The van der Waals surface area contributed by atoms with Crippen LogP contribution in [0.15, 0.2) is 34.9 Å². The molecular weight excluding hydrogens is 376 g/mol. The molecule has 0 aromatic heterocycles. The van der Waals surface area contributed by atoms with Gasteiger partial charge in [0.25, 0.3) is 5.91 Å². The average molecular weight is 398 g/mol. The molecule has 1 saturated carbocycles. The highest BCUT2D eigenvalue weighted by atomic mass is 16.3. The third-order valence-corrected chi connectivity index (χ3v) is 6.55. The lowest BCUT2D eigenvalue weighted by molar-refractivity contribution is -0.159. The minimum absolute atomic E-state index is 0.0932. The lowest BCUT2D eigenvalue weighted by Gasteiger charge is -2.49. The van der Waals surface area contributed by atoms with E-state index in [1.807, 2.05) is 0 Å². The van der Waals surface area contributed by atoms with Crippen molar-refractivity contribution < 1.29 is 29.7 Å². The van der Waals surface area contributed by atoms with Crippen molar-refractivity contribution in [1.29, 1.82) is 0 Å². The number of amides is 1. The number of rotatable bonds is 2. The van der Waals surface area contributed by atoms with Crippen molar-refractivity contribution in [1.82, 2.24) is 5.32 Å². The van der Waals surface area contributed by atoms with Crippen LogP contribution >= 0.6 is 0 Å². The highest BCUT2D eigenvalue weighted by Gasteiger charge is 2.63. The number of carbonyl (C=O) groups excluding carboxylic acids is 3. The van der Waals surface area contributed by atoms with Crippen molar-refractivity contribution in [2.45, 2.75) is 31.4 Å². The Morgan fingerprint density at radius 2 is 1.93 bits per heavy atom. The van der Waals surface area contributed by atoms with Crippen LogP contribution in [0.3, 0.4) is 0 Å². The summed E-state index contributed by atoms with van der Waals surface area (Å²) < 4.78 is 0. The number of ketones is 2. The fraction of sp³-hybridized carbons (Fsp3) is 0.381. The van der Waals surface area contributed by atoms with E-state index in [0.29, 0.717) is 17.6 Å². The van der Waals surface area contributed by atoms with E-state index in [-0.39, 0.29) is 23.3 Å². The standard InChI is InChI=1S/C21H22N2O6/c1-8-13(20(22)28)18(26)21(29)11(16(8)23-2)7-10-6-9-4-3-5-12(24)14(9)17(25)15(10)19(21)27/h3-5,10-11,16,23-25,29H,6-7H2,1-2H3,(H2,22,28)/t10-,11-,16+,21+/m0/s1. The number of benzene rings is 1. The fourth-order valence-electron chi connectivity index (χ4n) is 5.27. The molecule has 4 atom stereocenters. The summed E-state index contributed by atoms with van der Waals surface area (Å²) in [4.78, 5) is 38.4. The molecular formula is C21H22N2O6. The number of hydrogen-bond donors (Lipinski definition) is 5. The van der Waals surface area contributed by atoms with Crippen molar-refractivity contribution in [3.63, 3.8) is 0 Å². The molecule has 0 radical (unpaired) electrons. The van der Waals surface area contributed by atoms with E-state index in [9.17, 15) is 29.7 Å². The largest absolute Gasteiger partial charge is 0.507 e. The first kappa shape index (κ1) is 19.4. The molecule has 4 rings (SSSR count). The van der Waals surface area contributed by atoms with Gasteiger partial charge in [-0.1, -0.05) is 12.1 Å². The molecule has 8 heteroatoms. The van der Waals surface area contributed by atoms with Crippen LogP contribution in [0, 0.1) is 11.8 Å². The van der Waals surface area contributed by atoms with E-state index in [0.717, 1.165) is 0 Å². The van der Waals surface area contributed by atoms with E-state index in [1.165, 1.54) is 6.07 Å². The van der Waals surface area contributed by atoms with Gasteiger partial charge in [-0.05, 0) is 49.9 Å². The summed E-state index contributed by atoms with van der Waals surface area (Å²) in [6.45, 7) is 1.58. The number of hydrogen-bond acceptors (Lipinski definition) is 7. The molecule has 0 unspecified atom stereocenters. The Morgan fingerprint density at radius 1 is 1.24 bits per heavy atom. The second-order valence-corrected chi connectivity index (χ2v) is 7.93. The molecule has 1 aromatic carbocycles. The zero-order valence-corrected chi connectivity index (χ0v) is 16.0. The molecule has 1 fully saturated rings. The average Bonchev–Trinajstić information content (AvgIpc) is 2.65. The number of aromatic hydroxyl groups is 1. The number of aliphatic hydroxyl groups excluding tert-OH is 1. The molecule has 1 amide bonds. The minimum atomic E-state index is -2.51.